The zero-order chi connectivity index (χ0) is 54.7. The highest BCUT2D eigenvalue weighted by atomic mass is 16.5. The zero-order valence-corrected chi connectivity index (χ0v) is 46.8. The van der Waals surface area contributed by atoms with Crippen LogP contribution in [0, 0.1) is 22.7 Å². The van der Waals surface area contributed by atoms with Crippen LogP contribution in [0.3, 0.4) is 0 Å². The van der Waals surface area contributed by atoms with Crippen molar-refractivity contribution in [2.24, 2.45) is 22.7 Å². The van der Waals surface area contributed by atoms with Crippen LogP contribution >= 0.6 is 0 Å². The highest BCUT2D eigenvalue weighted by molar-refractivity contribution is 6.07. The van der Waals surface area contributed by atoms with Gasteiger partial charge in [0.05, 0.1) is 28.5 Å². The van der Waals surface area contributed by atoms with Crippen molar-refractivity contribution in [3.8, 4) is 0 Å². The monoisotopic (exact) mass is 1100 g/mol. The van der Waals surface area contributed by atoms with Crippen LogP contribution in [0.25, 0.3) is 21.5 Å². The summed E-state index contributed by atoms with van der Waals surface area (Å²) in [4.78, 5) is 57.4. The van der Waals surface area contributed by atoms with Gasteiger partial charge in [0.2, 0.25) is 0 Å². The number of fused-ring (bicyclic) bond motifs is 4. The third-order valence-corrected chi connectivity index (χ3v) is 22.4. The van der Waals surface area contributed by atoms with E-state index in [1.165, 1.54) is 79.1 Å². The number of hydrogen-bond donors (Lipinski definition) is 4. The maximum atomic E-state index is 13.1. The molecule has 4 aromatic rings. The van der Waals surface area contributed by atoms with Gasteiger partial charge in [-0.25, -0.2) is 9.59 Å². The Balaban J connectivity index is 0.000000139. The lowest BCUT2D eigenvalue weighted by Gasteiger charge is -2.54. The molecule has 6 amide bonds. The van der Waals surface area contributed by atoms with Crippen LogP contribution in [-0.2, 0) is 19.1 Å². The first-order valence-electron chi connectivity index (χ1n) is 29.6. The molecule has 4 N–H and O–H groups in total. The van der Waals surface area contributed by atoms with Gasteiger partial charge in [-0.15, -0.1) is 0 Å². The zero-order valence-electron chi connectivity index (χ0n) is 46.8. The minimum absolute atomic E-state index is 0. The molecule has 12 aliphatic rings. The fourth-order valence-corrected chi connectivity index (χ4v) is 18.5. The molecule has 13 heteroatoms. The van der Waals surface area contributed by atoms with E-state index in [-0.39, 0.29) is 78.1 Å². The van der Waals surface area contributed by atoms with Gasteiger partial charge in [-0.05, 0) is 221 Å². The molecule has 13 nitrogen and oxygen atoms in total. The van der Waals surface area contributed by atoms with Crippen LogP contribution in [0.5, 0.6) is 0 Å². The number of carbonyl (C=O) groups excluding carboxylic acids is 4. The van der Waals surface area contributed by atoms with E-state index in [0.717, 1.165) is 77.0 Å². The van der Waals surface area contributed by atoms with Gasteiger partial charge in [-0.3, -0.25) is 29.8 Å². The molecule has 0 radical (unpaired) electrons. The van der Waals surface area contributed by atoms with Gasteiger partial charge in [-0.2, -0.15) is 0 Å². The SMILES string of the molecule is C.C.CC1(C)NC(=O)N([C@@H]2CCC3=CC4=CC[C@]5(C)[C@@H](c6ccc7ccncc7c6)CC[C@H]5[C@@]45CCC3(C2)O5)C1=O.CC1(C)NC(=O)NC1=O.C[C@]12CC=C3C=C4CC[C@H](O)CC45CC[C@]3(O5)[C@@H]1CC[C@@H]2c1ccc2ccncc2c1. The summed E-state index contributed by atoms with van der Waals surface area (Å²) in [5, 5.41) is 22.9. The summed E-state index contributed by atoms with van der Waals surface area (Å²) >= 11 is 0. The van der Waals surface area contributed by atoms with E-state index in [2.05, 4.69) is 113 Å². The molecule has 12 atom stereocenters. The Bertz CT molecular complexity index is 3430. The van der Waals surface area contributed by atoms with Gasteiger partial charge in [0, 0.05) is 54.4 Å². The molecule has 428 valence electrons. The Morgan fingerprint density at radius 2 is 1.11 bits per heavy atom. The lowest BCUT2D eigenvalue weighted by molar-refractivity contribution is -0.145. The molecule has 16 rings (SSSR count). The highest BCUT2D eigenvalue weighted by Gasteiger charge is 2.69. The largest absolute Gasteiger partial charge is 0.393 e. The summed E-state index contributed by atoms with van der Waals surface area (Å²) in [7, 11) is 0. The second-order valence-corrected chi connectivity index (χ2v) is 27.4. The Kier molecular flexibility index (Phi) is 13.0. The molecule has 2 unspecified atom stereocenters. The third kappa shape index (κ3) is 8.22. The smallest absolute Gasteiger partial charge is 0.325 e. The summed E-state index contributed by atoms with van der Waals surface area (Å²) < 4.78 is 14.6. The maximum Gasteiger partial charge on any atom is 0.325 e. The molecule has 6 aliphatic heterocycles. The number of allylic oxidation sites excluding steroid dienone is 2. The number of ether oxygens (including phenoxy) is 2. The predicted octanol–water partition coefficient (Wildman–Crippen LogP) is 12.9. The second kappa shape index (κ2) is 19.0. The van der Waals surface area contributed by atoms with E-state index < -0.39 is 17.1 Å². The van der Waals surface area contributed by atoms with Gasteiger partial charge in [0.25, 0.3) is 11.8 Å². The summed E-state index contributed by atoms with van der Waals surface area (Å²) in [5.74, 6) is 1.65. The minimum Gasteiger partial charge on any atom is -0.393 e. The number of nitrogens with zero attached hydrogens (tertiary/aromatic N) is 3. The number of amides is 6. The van der Waals surface area contributed by atoms with Gasteiger partial charge < -0.3 is 25.2 Å². The Labute approximate surface area is 478 Å². The summed E-state index contributed by atoms with van der Waals surface area (Å²) in [6, 6.07) is 17.4. The number of nitrogens with one attached hydrogen (secondary N) is 3. The van der Waals surface area contributed by atoms with E-state index in [1.54, 1.807) is 27.7 Å². The van der Waals surface area contributed by atoms with Crippen LogP contribution in [0.15, 0.2) is 120 Å². The summed E-state index contributed by atoms with van der Waals surface area (Å²) in [5.41, 5.74) is 6.39. The van der Waals surface area contributed by atoms with Gasteiger partial charge >= 0.3 is 12.1 Å². The van der Waals surface area contributed by atoms with E-state index in [0.29, 0.717) is 30.1 Å². The number of carbonyl (C=O) groups is 4. The molecule has 6 aliphatic carbocycles. The summed E-state index contributed by atoms with van der Waals surface area (Å²) in [6.45, 7) is 11.9. The fraction of sp³-hybridized carbons (Fsp3) is 0.559. The number of hydrogen-bond acceptors (Lipinski definition) is 9. The number of urea groups is 2. The second-order valence-electron chi connectivity index (χ2n) is 27.4. The maximum absolute atomic E-state index is 13.1. The molecule has 8 fully saturated rings. The molecule has 4 spiro atoms. The number of rotatable bonds is 3. The standard InChI is InChI=1S/C33H37N3O3.C28H31NO2.C5H8N2O2.2CH4/c1-30(2)28(37)36(29(38)35-30)25-7-6-23-17-24-10-12-31(3)26(21-5-4-20-11-15-34-19-22(20)16-21)8-9-27(31)33(24)14-13-32(23,18-25)39-33;1-26-10-8-22-15-21-4-5-23(30)16-27(21)11-12-28(22,31-27)25(26)7-6-24(26)19-3-2-18-9-13-29-17-20(18)14-19;1-5(2)3(8)6-4(9)7-5;;/h4-5,10-11,15-17,19,25-27H,6-9,12-14,18H2,1-3H3,(H,35,38);2-3,8-9,13-15,17,23-25,30H,4-7,10-12,16H2,1H3;1-2H3,(H2,6,7,8,9);2*1H4/t25-,26-,27-,31-,32?,33-;23-,24+,25+,26+,27?,28+;;;/m10.../s1. The molecule has 8 heterocycles. The van der Waals surface area contributed by atoms with Crippen molar-refractivity contribution < 1.29 is 33.8 Å². The number of pyridine rings is 2. The number of aliphatic hydroxyl groups excluding tert-OH is 1. The van der Waals surface area contributed by atoms with Crippen molar-refractivity contribution in [3.05, 3.63) is 131 Å². The molecule has 4 bridgehead atoms. The van der Waals surface area contributed by atoms with Gasteiger partial charge in [0.1, 0.15) is 11.1 Å². The Morgan fingerprint density at radius 1 is 0.593 bits per heavy atom. The molecule has 2 aromatic carbocycles. The molecule has 2 aromatic heterocycles. The van der Waals surface area contributed by atoms with E-state index in [9.17, 15) is 24.3 Å². The first-order valence-corrected chi connectivity index (χ1v) is 29.6. The van der Waals surface area contributed by atoms with Crippen LogP contribution in [-0.4, -0.2) is 89.5 Å². The predicted molar refractivity (Wildman–Crippen MR) is 315 cm³/mol. The van der Waals surface area contributed by atoms with Crippen molar-refractivity contribution in [3.63, 3.8) is 0 Å². The van der Waals surface area contributed by atoms with Crippen molar-refractivity contribution in [2.45, 2.75) is 217 Å². The first-order chi connectivity index (χ1) is 37.7. The van der Waals surface area contributed by atoms with Crippen LogP contribution in [0.4, 0.5) is 9.59 Å². The Morgan fingerprint density at radius 3 is 1.58 bits per heavy atom. The highest BCUT2D eigenvalue weighted by Crippen LogP contribution is 2.71. The third-order valence-electron chi connectivity index (χ3n) is 22.4. The first kappa shape index (κ1) is 55.5. The quantitative estimate of drug-likeness (QED) is 0.146. The molecular weight excluding hydrogens is 1010 g/mol. The molecule has 4 saturated carbocycles. The number of imide groups is 2. The van der Waals surface area contributed by atoms with Crippen LogP contribution in [0.1, 0.15) is 182 Å². The summed E-state index contributed by atoms with van der Waals surface area (Å²) in [6.07, 6.45) is 33.7. The normalized spacial score (nSPS) is 38.4. The lowest BCUT2D eigenvalue weighted by Crippen LogP contribution is -2.56. The minimum atomic E-state index is -0.839. The van der Waals surface area contributed by atoms with E-state index in [1.807, 2.05) is 24.8 Å². The van der Waals surface area contributed by atoms with Gasteiger partial charge in [-0.1, -0.05) is 77.3 Å². The number of aromatic nitrogens is 2. The Hall–Kier alpha value is -6.02. The average molecular weight is 1100 g/mol. The fourth-order valence-electron chi connectivity index (χ4n) is 18.5. The van der Waals surface area contributed by atoms with Crippen molar-refractivity contribution in [1.82, 2.24) is 30.8 Å². The van der Waals surface area contributed by atoms with Gasteiger partial charge in [0.15, 0.2) is 0 Å². The molecule has 4 saturated heterocycles. The van der Waals surface area contributed by atoms with E-state index in [4.69, 9.17) is 9.47 Å². The number of aliphatic hydroxyl groups is 1. The average Bonchev–Trinajstić information content (AvgIpc) is 1.82. The van der Waals surface area contributed by atoms with Crippen molar-refractivity contribution >= 4 is 45.4 Å². The molecular formula is C68H84N6O7. The van der Waals surface area contributed by atoms with Crippen molar-refractivity contribution in [2.75, 3.05) is 0 Å². The molecule has 81 heavy (non-hydrogen) atoms. The van der Waals surface area contributed by atoms with Crippen LogP contribution < -0.4 is 16.0 Å². The van der Waals surface area contributed by atoms with Crippen LogP contribution in [0.2, 0.25) is 0 Å². The van der Waals surface area contributed by atoms with Crippen molar-refractivity contribution in [1.29, 1.82) is 0 Å². The lowest BCUT2D eigenvalue weighted by atomic mass is 9.58. The topological polar surface area (TPSA) is 172 Å². The number of benzene rings is 2. The van der Waals surface area contributed by atoms with E-state index >= 15 is 0 Å².